The molecule has 1 saturated heterocycles. The first-order chi connectivity index (χ1) is 9.48. The van der Waals surface area contributed by atoms with Crippen molar-refractivity contribution in [2.75, 3.05) is 33.8 Å². The number of hydrogen-bond acceptors (Lipinski definition) is 4. The number of methoxy groups -OCH3 is 1. The summed E-state index contributed by atoms with van der Waals surface area (Å²) in [6.07, 6.45) is 0.900. The predicted octanol–water partition coefficient (Wildman–Crippen LogP) is 1.69. The average molecular weight is 363 g/mol. The van der Waals surface area contributed by atoms with E-state index in [1.165, 1.54) is 0 Å². The summed E-state index contributed by atoms with van der Waals surface area (Å²) < 4.78 is 32.5. The molecule has 1 aromatic rings. The number of sulfonamides is 1. The molecule has 1 heterocycles. The summed E-state index contributed by atoms with van der Waals surface area (Å²) in [6, 6.07) is 4.85. The van der Waals surface area contributed by atoms with Gasteiger partial charge in [0.05, 0.1) is 16.5 Å². The van der Waals surface area contributed by atoms with Gasteiger partial charge in [0.2, 0.25) is 10.0 Å². The molecular weight excluding hydrogens is 344 g/mol. The van der Waals surface area contributed by atoms with Gasteiger partial charge in [0.15, 0.2) is 0 Å². The Morgan fingerprint density at radius 2 is 2.25 bits per heavy atom. The van der Waals surface area contributed by atoms with E-state index in [9.17, 15) is 8.42 Å². The number of benzene rings is 1. The molecule has 5 nitrogen and oxygen atoms in total. The fourth-order valence-corrected chi connectivity index (χ4v) is 4.68. The molecule has 1 fully saturated rings. The summed E-state index contributed by atoms with van der Waals surface area (Å²) in [4.78, 5) is 0.301. The summed E-state index contributed by atoms with van der Waals surface area (Å²) in [5, 5.41) is 3.10. The summed E-state index contributed by atoms with van der Waals surface area (Å²) in [5.74, 6) is 1.01. The minimum Gasteiger partial charge on any atom is -0.496 e. The van der Waals surface area contributed by atoms with Crippen molar-refractivity contribution in [3.8, 4) is 5.75 Å². The third-order valence-electron chi connectivity index (χ3n) is 3.50. The zero-order valence-electron chi connectivity index (χ0n) is 11.6. The molecule has 0 bridgehead atoms. The molecule has 20 heavy (non-hydrogen) atoms. The van der Waals surface area contributed by atoms with E-state index in [1.54, 1.807) is 29.6 Å². The first-order valence-electron chi connectivity index (χ1n) is 6.47. The average Bonchev–Trinajstić information content (AvgIpc) is 2.88. The summed E-state index contributed by atoms with van der Waals surface area (Å²) in [5.41, 5.74) is 0. The molecular formula is C13H19BrN2O3S. The third-order valence-corrected chi connectivity index (χ3v) is 5.98. The molecule has 1 atom stereocenters. The van der Waals surface area contributed by atoms with E-state index in [4.69, 9.17) is 4.74 Å². The quantitative estimate of drug-likeness (QED) is 0.865. The van der Waals surface area contributed by atoms with Gasteiger partial charge in [-0.1, -0.05) is 0 Å². The number of halogens is 1. The maximum absolute atomic E-state index is 12.6. The van der Waals surface area contributed by atoms with Crippen molar-refractivity contribution in [2.45, 2.75) is 11.3 Å². The normalized spacial score (nSPS) is 20.2. The van der Waals surface area contributed by atoms with Crippen molar-refractivity contribution < 1.29 is 13.2 Å². The Hall–Kier alpha value is -0.630. The highest BCUT2D eigenvalue weighted by Crippen LogP contribution is 2.30. The zero-order chi connectivity index (χ0) is 14.8. The first kappa shape index (κ1) is 15.8. The largest absolute Gasteiger partial charge is 0.496 e. The van der Waals surface area contributed by atoms with Crippen LogP contribution in [0.2, 0.25) is 0 Å². The van der Waals surface area contributed by atoms with Gasteiger partial charge in [-0.25, -0.2) is 8.42 Å². The molecule has 0 aliphatic carbocycles. The Morgan fingerprint density at radius 1 is 1.50 bits per heavy atom. The van der Waals surface area contributed by atoms with Gasteiger partial charge in [-0.3, -0.25) is 0 Å². The molecule has 0 amide bonds. The van der Waals surface area contributed by atoms with Gasteiger partial charge in [0.1, 0.15) is 5.75 Å². The number of nitrogens with one attached hydrogen (secondary N) is 1. The van der Waals surface area contributed by atoms with Gasteiger partial charge in [0, 0.05) is 13.1 Å². The van der Waals surface area contributed by atoms with E-state index in [1.807, 2.05) is 7.05 Å². The summed E-state index contributed by atoms with van der Waals surface area (Å²) in [7, 11) is 0.0219. The molecule has 1 N–H and O–H groups in total. The van der Waals surface area contributed by atoms with Crippen molar-refractivity contribution in [2.24, 2.45) is 5.92 Å². The maximum atomic E-state index is 12.6. The molecule has 7 heteroatoms. The lowest BCUT2D eigenvalue weighted by molar-refractivity contribution is 0.411. The summed E-state index contributed by atoms with van der Waals surface area (Å²) in [6.45, 7) is 2.00. The van der Waals surface area contributed by atoms with Crippen LogP contribution >= 0.6 is 15.9 Å². The Bertz CT molecular complexity index is 577. The van der Waals surface area contributed by atoms with Gasteiger partial charge in [-0.2, -0.15) is 4.31 Å². The van der Waals surface area contributed by atoms with Gasteiger partial charge >= 0.3 is 0 Å². The Morgan fingerprint density at radius 3 is 2.85 bits per heavy atom. The van der Waals surface area contributed by atoms with Crippen LogP contribution in [-0.4, -0.2) is 46.5 Å². The van der Waals surface area contributed by atoms with Crippen LogP contribution in [-0.2, 0) is 10.0 Å². The van der Waals surface area contributed by atoms with E-state index in [-0.39, 0.29) is 0 Å². The monoisotopic (exact) mass is 362 g/mol. The molecule has 2 rings (SSSR count). The van der Waals surface area contributed by atoms with Gasteiger partial charge < -0.3 is 10.1 Å². The molecule has 0 spiro atoms. The van der Waals surface area contributed by atoms with Crippen LogP contribution < -0.4 is 10.1 Å². The second kappa shape index (κ2) is 6.43. The van der Waals surface area contributed by atoms with E-state index in [2.05, 4.69) is 21.2 Å². The van der Waals surface area contributed by atoms with Crippen LogP contribution in [0.1, 0.15) is 6.42 Å². The lowest BCUT2D eigenvalue weighted by Gasteiger charge is -2.17. The van der Waals surface area contributed by atoms with Gasteiger partial charge in [-0.05, 0) is 60.1 Å². The molecule has 1 aliphatic rings. The van der Waals surface area contributed by atoms with E-state index in [0.717, 1.165) is 13.0 Å². The van der Waals surface area contributed by atoms with E-state index < -0.39 is 10.0 Å². The maximum Gasteiger partial charge on any atom is 0.243 e. The standard InChI is InChI=1S/C13H19BrN2O3S/c1-15-8-10-5-6-16(9-10)20(17,18)11-3-4-13(19-2)12(14)7-11/h3-4,7,10,15H,5-6,8-9H2,1-2H3/t10-/m1/s1. The SMILES string of the molecule is CNC[C@H]1CCN(S(=O)(=O)c2ccc(OC)c(Br)c2)C1. The number of ether oxygens (including phenoxy) is 1. The fourth-order valence-electron chi connectivity index (χ4n) is 2.43. The highest BCUT2D eigenvalue weighted by atomic mass is 79.9. The van der Waals surface area contributed by atoms with Crippen molar-refractivity contribution >= 4 is 26.0 Å². The van der Waals surface area contributed by atoms with Gasteiger partial charge in [0.25, 0.3) is 0 Å². The van der Waals surface area contributed by atoms with Crippen LogP contribution in [0.5, 0.6) is 5.75 Å². The van der Waals surface area contributed by atoms with Gasteiger partial charge in [-0.15, -0.1) is 0 Å². The summed E-state index contributed by atoms with van der Waals surface area (Å²) >= 11 is 3.33. The lowest BCUT2D eigenvalue weighted by Crippen LogP contribution is -2.30. The fraction of sp³-hybridized carbons (Fsp3) is 0.538. The number of hydrogen-bond donors (Lipinski definition) is 1. The highest BCUT2D eigenvalue weighted by Gasteiger charge is 2.32. The second-order valence-corrected chi connectivity index (χ2v) is 7.66. The zero-order valence-corrected chi connectivity index (χ0v) is 14.0. The van der Waals surface area contributed by atoms with Crippen LogP contribution in [0.4, 0.5) is 0 Å². The Labute approximate surface area is 128 Å². The second-order valence-electron chi connectivity index (χ2n) is 4.87. The van der Waals surface area contributed by atoms with Crippen molar-refractivity contribution in [3.05, 3.63) is 22.7 Å². The molecule has 0 unspecified atom stereocenters. The van der Waals surface area contributed by atoms with E-state index >= 15 is 0 Å². The minimum atomic E-state index is -3.42. The molecule has 0 aromatic heterocycles. The smallest absolute Gasteiger partial charge is 0.243 e. The molecule has 0 saturated carbocycles. The molecule has 1 aromatic carbocycles. The Balaban J connectivity index is 2.21. The van der Waals surface area contributed by atoms with Crippen molar-refractivity contribution in [1.29, 1.82) is 0 Å². The lowest BCUT2D eigenvalue weighted by atomic mass is 10.1. The molecule has 112 valence electrons. The molecule has 0 radical (unpaired) electrons. The third kappa shape index (κ3) is 3.16. The Kier molecular flexibility index (Phi) is 5.06. The van der Waals surface area contributed by atoms with Crippen LogP contribution in [0.3, 0.4) is 0 Å². The first-order valence-corrected chi connectivity index (χ1v) is 8.70. The van der Waals surface area contributed by atoms with Crippen LogP contribution in [0.15, 0.2) is 27.6 Å². The topological polar surface area (TPSA) is 58.6 Å². The van der Waals surface area contributed by atoms with Crippen LogP contribution in [0.25, 0.3) is 0 Å². The van der Waals surface area contributed by atoms with Crippen LogP contribution in [0, 0.1) is 5.92 Å². The minimum absolute atomic E-state index is 0.301. The predicted molar refractivity (Wildman–Crippen MR) is 81.5 cm³/mol. The van der Waals surface area contributed by atoms with E-state index in [0.29, 0.717) is 34.1 Å². The number of nitrogens with zero attached hydrogens (tertiary/aromatic N) is 1. The highest BCUT2D eigenvalue weighted by molar-refractivity contribution is 9.10. The van der Waals surface area contributed by atoms with Crippen molar-refractivity contribution in [1.82, 2.24) is 9.62 Å². The molecule has 1 aliphatic heterocycles. The van der Waals surface area contributed by atoms with Crippen molar-refractivity contribution in [3.63, 3.8) is 0 Å². The number of rotatable bonds is 5.